The summed E-state index contributed by atoms with van der Waals surface area (Å²) in [5, 5.41) is 3.87. The van der Waals surface area contributed by atoms with Crippen molar-refractivity contribution in [2.75, 3.05) is 23.4 Å². The molecule has 1 aliphatic rings. The molecule has 0 aliphatic carbocycles. The molecule has 0 spiro atoms. The summed E-state index contributed by atoms with van der Waals surface area (Å²) in [4.78, 5) is 25.7. The van der Waals surface area contributed by atoms with E-state index in [9.17, 15) is 9.59 Å². The summed E-state index contributed by atoms with van der Waals surface area (Å²) in [6.45, 7) is -0.321. The molecule has 2 amide bonds. The Morgan fingerprint density at radius 2 is 1.83 bits per heavy atom. The molecule has 0 fully saturated rings. The molecule has 0 unspecified atom stereocenters. The number of benzene rings is 2. The van der Waals surface area contributed by atoms with E-state index < -0.39 is 5.91 Å². The molecule has 1 aliphatic heterocycles. The van der Waals surface area contributed by atoms with E-state index in [4.69, 9.17) is 39.5 Å². The quantitative estimate of drug-likeness (QED) is 0.868. The second-order valence-electron chi connectivity index (χ2n) is 5.05. The summed E-state index contributed by atoms with van der Waals surface area (Å²) in [6, 6.07) is 9.61. The third kappa shape index (κ3) is 3.59. The number of fused-ring (bicyclic) bond motifs is 1. The number of amides is 2. The first-order valence-electron chi connectivity index (χ1n) is 6.91. The van der Waals surface area contributed by atoms with Crippen LogP contribution in [0.3, 0.4) is 0 Å². The molecule has 1 N–H and O–H groups in total. The maximum absolute atomic E-state index is 12.3. The van der Waals surface area contributed by atoms with Crippen molar-refractivity contribution in [1.82, 2.24) is 0 Å². The van der Waals surface area contributed by atoms with Crippen LogP contribution < -0.4 is 15.0 Å². The molecule has 2 aromatic carbocycles. The first-order chi connectivity index (χ1) is 11.4. The van der Waals surface area contributed by atoms with Gasteiger partial charge in [-0.05, 0) is 36.4 Å². The van der Waals surface area contributed by atoms with Crippen molar-refractivity contribution in [3.05, 3.63) is 51.5 Å². The molecular formula is C16H11Cl3N2O3. The molecule has 124 valence electrons. The number of ether oxygens (including phenoxy) is 1. The number of nitrogens with one attached hydrogen (secondary N) is 1. The van der Waals surface area contributed by atoms with Gasteiger partial charge in [0.1, 0.15) is 12.3 Å². The summed E-state index contributed by atoms with van der Waals surface area (Å²) in [5.74, 6) is -0.237. The number of nitrogens with zero attached hydrogens (tertiary/aromatic N) is 1. The molecule has 3 rings (SSSR count). The lowest BCUT2D eigenvalue weighted by Crippen LogP contribution is -2.43. The van der Waals surface area contributed by atoms with E-state index in [2.05, 4.69) is 5.32 Å². The Kier molecular flexibility index (Phi) is 4.85. The highest BCUT2D eigenvalue weighted by atomic mass is 35.5. The fourth-order valence-electron chi connectivity index (χ4n) is 2.27. The van der Waals surface area contributed by atoms with Crippen LogP contribution in [0.15, 0.2) is 36.4 Å². The van der Waals surface area contributed by atoms with Crippen molar-refractivity contribution in [3.63, 3.8) is 0 Å². The zero-order valence-corrected chi connectivity index (χ0v) is 14.5. The van der Waals surface area contributed by atoms with E-state index in [1.807, 2.05) is 0 Å². The predicted octanol–water partition coefficient (Wildman–Crippen LogP) is 4.01. The largest absolute Gasteiger partial charge is 0.482 e. The van der Waals surface area contributed by atoms with Crippen LogP contribution in [0.2, 0.25) is 15.1 Å². The summed E-state index contributed by atoms with van der Waals surface area (Å²) >= 11 is 17.8. The molecule has 5 nitrogen and oxygen atoms in total. The highest BCUT2D eigenvalue weighted by Gasteiger charge is 2.27. The predicted molar refractivity (Wildman–Crippen MR) is 94.4 cm³/mol. The van der Waals surface area contributed by atoms with Gasteiger partial charge in [0.05, 0.1) is 16.4 Å². The zero-order chi connectivity index (χ0) is 17.3. The Morgan fingerprint density at radius 1 is 1.12 bits per heavy atom. The topological polar surface area (TPSA) is 58.6 Å². The van der Waals surface area contributed by atoms with Gasteiger partial charge in [0.25, 0.3) is 5.91 Å². The molecule has 24 heavy (non-hydrogen) atoms. The Balaban J connectivity index is 1.79. The Morgan fingerprint density at radius 3 is 2.58 bits per heavy atom. The minimum absolute atomic E-state index is 0.135. The molecular weight excluding hydrogens is 375 g/mol. The molecule has 0 atom stereocenters. The summed E-state index contributed by atoms with van der Waals surface area (Å²) < 4.78 is 5.34. The number of anilines is 2. The molecule has 0 saturated heterocycles. The van der Waals surface area contributed by atoms with Gasteiger partial charge in [0, 0.05) is 10.0 Å². The SMILES string of the molecule is O=C(CN1C(=O)COc2ccc(Cl)cc21)Nc1ccc(Cl)cc1Cl. The van der Waals surface area contributed by atoms with Crippen molar-refractivity contribution in [3.8, 4) is 5.75 Å². The summed E-state index contributed by atoms with van der Waals surface area (Å²) in [5.41, 5.74) is 0.870. The Labute approximate surface area is 153 Å². The van der Waals surface area contributed by atoms with E-state index in [0.717, 1.165) is 0 Å². The van der Waals surface area contributed by atoms with Crippen molar-refractivity contribution < 1.29 is 14.3 Å². The smallest absolute Gasteiger partial charge is 0.265 e. The fourth-order valence-corrected chi connectivity index (χ4v) is 2.89. The van der Waals surface area contributed by atoms with Gasteiger partial charge in [-0.1, -0.05) is 34.8 Å². The second-order valence-corrected chi connectivity index (χ2v) is 6.33. The number of halogens is 3. The third-order valence-electron chi connectivity index (χ3n) is 3.37. The van der Waals surface area contributed by atoms with Gasteiger partial charge >= 0.3 is 0 Å². The highest BCUT2D eigenvalue weighted by Crippen LogP contribution is 2.34. The van der Waals surface area contributed by atoms with Gasteiger partial charge in [-0.2, -0.15) is 0 Å². The molecule has 1 heterocycles. The van der Waals surface area contributed by atoms with Crippen LogP contribution in [-0.4, -0.2) is 25.0 Å². The average Bonchev–Trinajstić information content (AvgIpc) is 2.53. The van der Waals surface area contributed by atoms with Crippen LogP contribution in [0.1, 0.15) is 0 Å². The number of hydrogen-bond donors (Lipinski definition) is 1. The van der Waals surface area contributed by atoms with Crippen LogP contribution in [0.4, 0.5) is 11.4 Å². The minimum atomic E-state index is -0.402. The standard InChI is InChI=1S/C16H11Cl3N2O3/c17-9-1-3-12(11(19)5-9)20-15(22)7-21-13-6-10(18)2-4-14(13)24-8-16(21)23/h1-6H,7-8H2,(H,20,22). The Hall–Kier alpha value is -1.95. The Bertz CT molecular complexity index is 826. The first-order valence-corrected chi connectivity index (χ1v) is 8.05. The van der Waals surface area contributed by atoms with Gasteiger partial charge in [0.15, 0.2) is 6.61 Å². The first kappa shape index (κ1) is 16.9. The van der Waals surface area contributed by atoms with Crippen LogP contribution in [-0.2, 0) is 9.59 Å². The van der Waals surface area contributed by atoms with Gasteiger partial charge < -0.3 is 10.1 Å². The van der Waals surface area contributed by atoms with Gasteiger partial charge in [-0.25, -0.2) is 0 Å². The average molecular weight is 386 g/mol. The molecule has 8 heteroatoms. The van der Waals surface area contributed by atoms with E-state index in [0.29, 0.717) is 32.2 Å². The monoisotopic (exact) mass is 384 g/mol. The molecule has 0 aromatic heterocycles. The fraction of sp³-hybridized carbons (Fsp3) is 0.125. The number of hydrogen-bond acceptors (Lipinski definition) is 3. The number of rotatable bonds is 3. The van der Waals surface area contributed by atoms with E-state index in [-0.39, 0.29) is 19.1 Å². The minimum Gasteiger partial charge on any atom is -0.482 e. The van der Waals surface area contributed by atoms with E-state index in [1.54, 1.807) is 30.3 Å². The van der Waals surface area contributed by atoms with Crippen molar-refractivity contribution in [2.45, 2.75) is 0 Å². The van der Waals surface area contributed by atoms with Gasteiger partial charge in [-0.15, -0.1) is 0 Å². The normalized spacial score (nSPS) is 13.3. The lowest BCUT2D eigenvalue weighted by atomic mass is 10.2. The van der Waals surface area contributed by atoms with Crippen LogP contribution >= 0.6 is 34.8 Å². The van der Waals surface area contributed by atoms with Gasteiger partial charge in [-0.3, -0.25) is 14.5 Å². The molecule has 0 bridgehead atoms. The summed E-state index contributed by atoms with van der Waals surface area (Å²) in [6.07, 6.45) is 0. The maximum Gasteiger partial charge on any atom is 0.265 e. The van der Waals surface area contributed by atoms with Crippen molar-refractivity contribution >= 4 is 58.0 Å². The number of carbonyl (C=O) groups excluding carboxylic acids is 2. The molecule has 2 aromatic rings. The van der Waals surface area contributed by atoms with Crippen molar-refractivity contribution in [1.29, 1.82) is 0 Å². The highest BCUT2D eigenvalue weighted by molar-refractivity contribution is 6.36. The third-order valence-corrected chi connectivity index (χ3v) is 4.15. The molecule has 0 radical (unpaired) electrons. The maximum atomic E-state index is 12.3. The van der Waals surface area contributed by atoms with Crippen LogP contribution in [0.25, 0.3) is 0 Å². The second kappa shape index (κ2) is 6.89. The van der Waals surface area contributed by atoms with Crippen molar-refractivity contribution in [2.24, 2.45) is 0 Å². The van der Waals surface area contributed by atoms with E-state index in [1.165, 1.54) is 11.0 Å². The lowest BCUT2D eigenvalue weighted by molar-refractivity contribution is -0.123. The molecule has 0 saturated carbocycles. The van der Waals surface area contributed by atoms with E-state index >= 15 is 0 Å². The van der Waals surface area contributed by atoms with Crippen LogP contribution in [0.5, 0.6) is 5.75 Å². The van der Waals surface area contributed by atoms with Crippen LogP contribution in [0, 0.1) is 0 Å². The number of carbonyl (C=O) groups is 2. The summed E-state index contributed by atoms with van der Waals surface area (Å²) in [7, 11) is 0. The van der Waals surface area contributed by atoms with Gasteiger partial charge in [0.2, 0.25) is 5.91 Å². The lowest BCUT2D eigenvalue weighted by Gasteiger charge is -2.29. The zero-order valence-electron chi connectivity index (χ0n) is 12.2.